The maximum absolute atomic E-state index is 13.4. The first-order chi connectivity index (χ1) is 16.6. The Balaban J connectivity index is 1.52. The van der Waals surface area contributed by atoms with Crippen molar-refractivity contribution in [1.29, 1.82) is 5.26 Å². The first kappa shape index (κ1) is 24.9. The van der Waals surface area contributed by atoms with E-state index in [0.717, 1.165) is 11.6 Å². The number of piperidine rings is 1. The maximum atomic E-state index is 13.4. The number of nitrogens with zero attached hydrogens (tertiary/aromatic N) is 3. The van der Waals surface area contributed by atoms with Crippen LogP contribution < -0.4 is 9.64 Å². The molecule has 186 valence electrons. The van der Waals surface area contributed by atoms with Crippen molar-refractivity contribution >= 4 is 11.6 Å². The van der Waals surface area contributed by atoms with E-state index in [0.29, 0.717) is 56.0 Å². The van der Waals surface area contributed by atoms with E-state index in [1.165, 1.54) is 6.07 Å². The molecular formula is C26H28F3N3O3. The number of carbonyl (C=O) groups is 1. The number of hydrogen-bond acceptors (Lipinski definition) is 5. The number of aliphatic hydroxyl groups is 1. The molecule has 2 aliphatic rings. The van der Waals surface area contributed by atoms with Crippen LogP contribution >= 0.6 is 0 Å². The highest BCUT2D eigenvalue weighted by Crippen LogP contribution is 2.46. The topological polar surface area (TPSA) is 76.8 Å². The molecule has 1 unspecified atom stereocenters. The molecule has 2 aromatic carbocycles. The average Bonchev–Trinajstić information content (AvgIpc) is 3.21. The Morgan fingerprint density at radius 1 is 1.26 bits per heavy atom. The summed E-state index contributed by atoms with van der Waals surface area (Å²) >= 11 is 0. The minimum absolute atomic E-state index is 0.0596. The Labute approximate surface area is 202 Å². The van der Waals surface area contributed by atoms with Crippen LogP contribution in [0.4, 0.5) is 18.9 Å². The third kappa shape index (κ3) is 4.55. The van der Waals surface area contributed by atoms with Crippen LogP contribution in [0.2, 0.25) is 0 Å². The number of ether oxygens (including phenoxy) is 1. The summed E-state index contributed by atoms with van der Waals surface area (Å²) in [4.78, 5) is 17.0. The fourth-order valence-electron chi connectivity index (χ4n) is 5.51. The number of aliphatic hydroxyl groups excluding tert-OH is 1. The van der Waals surface area contributed by atoms with E-state index in [2.05, 4.69) is 0 Å². The van der Waals surface area contributed by atoms with Crippen molar-refractivity contribution in [2.75, 3.05) is 44.8 Å². The minimum Gasteiger partial charge on any atom is -0.496 e. The Kier molecular flexibility index (Phi) is 6.69. The highest BCUT2D eigenvalue weighted by atomic mass is 19.4. The second-order valence-corrected chi connectivity index (χ2v) is 9.39. The highest BCUT2D eigenvalue weighted by molar-refractivity contribution is 5.96. The van der Waals surface area contributed by atoms with Crippen molar-refractivity contribution in [3.05, 3.63) is 58.7 Å². The van der Waals surface area contributed by atoms with Gasteiger partial charge in [-0.15, -0.1) is 0 Å². The molecular weight excluding hydrogens is 459 g/mol. The van der Waals surface area contributed by atoms with Crippen LogP contribution in [-0.2, 0) is 6.18 Å². The third-order valence-electron chi connectivity index (χ3n) is 7.61. The smallest absolute Gasteiger partial charge is 0.417 e. The van der Waals surface area contributed by atoms with Crippen molar-refractivity contribution in [2.45, 2.75) is 25.9 Å². The van der Waals surface area contributed by atoms with Gasteiger partial charge in [-0.05, 0) is 55.5 Å². The summed E-state index contributed by atoms with van der Waals surface area (Å²) < 4.78 is 45.6. The molecule has 0 aliphatic carbocycles. The predicted octanol–water partition coefficient (Wildman–Crippen LogP) is 4.25. The van der Waals surface area contributed by atoms with E-state index in [4.69, 9.17) is 10.00 Å². The van der Waals surface area contributed by atoms with Crippen LogP contribution in [0.25, 0.3) is 0 Å². The van der Waals surface area contributed by atoms with Gasteiger partial charge in [-0.2, -0.15) is 18.4 Å². The van der Waals surface area contributed by atoms with Gasteiger partial charge in [0.15, 0.2) is 0 Å². The molecule has 1 amide bonds. The molecule has 1 atom stereocenters. The zero-order chi connectivity index (χ0) is 25.4. The van der Waals surface area contributed by atoms with Crippen LogP contribution in [0.5, 0.6) is 5.75 Å². The van der Waals surface area contributed by atoms with Gasteiger partial charge in [0.2, 0.25) is 0 Å². The Hall–Kier alpha value is -3.25. The van der Waals surface area contributed by atoms with Crippen LogP contribution in [-0.4, -0.2) is 55.8 Å². The summed E-state index contributed by atoms with van der Waals surface area (Å²) in [6, 6.07) is 10.8. The monoisotopic (exact) mass is 487 g/mol. The quantitative estimate of drug-likeness (QED) is 0.698. The number of amides is 1. The Morgan fingerprint density at radius 2 is 1.97 bits per heavy atom. The van der Waals surface area contributed by atoms with Gasteiger partial charge in [-0.3, -0.25) is 4.79 Å². The minimum atomic E-state index is -4.61. The van der Waals surface area contributed by atoms with E-state index in [1.807, 2.05) is 11.8 Å². The number of rotatable bonds is 4. The van der Waals surface area contributed by atoms with E-state index in [9.17, 15) is 23.1 Å². The zero-order valence-electron chi connectivity index (χ0n) is 19.7. The summed E-state index contributed by atoms with van der Waals surface area (Å²) in [6.45, 7) is 3.70. The lowest BCUT2D eigenvalue weighted by Crippen LogP contribution is -2.45. The van der Waals surface area contributed by atoms with E-state index in [1.54, 1.807) is 42.3 Å². The molecule has 2 aromatic rings. The standard InChI is InChI=1S/C26H28F3N3O3/c1-17-21(4-3-5-23(17)35-2)24(34)32-14-19(15-33)25(16-32)8-10-31(11-9-25)20-7-6-18(13-30)22(12-20)26(27,28)29/h3-7,12,19,33H,8-11,14-16H2,1-2H3. The van der Waals surface area contributed by atoms with Crippen LogP contribution in [0.15, 0.2) is 36.4 Å². The number of halogens is 3. The first-order valence-electron chi connectivity index (χ1n) is 11.5. The fourth-order valence-corrected chi connectivity index (χ4v) is 5.51. The molecule has 0 bridgehead atoms. The van der Waals surface area contributed by atoms with Crippen molar-refractivity contribution in [1.82, 2.24) is 4.90 Å². The number of anilines is 1. The predicted molar refractivity (Wildman–Crippen MR) is 124 cm³/mol. The number of benzene rings is 2. The average molecular weight is 488 g/mol. The maximum Gasteiger partial charge on any atom is 0.417 e. The van der Waals surface area contributed by atoms with Crippen molar-refractivity contribution in [3.8, 4) is 11.8 Å². The second-order valence-electron chi connectivity index (χ2n) is 9.39. The van der Waals surface area contributed by atoms with Gasteiger partial charge in [-0.25, -0.2) is 0 Å². The summed E-state index contributed by atoms with van der Waals surface area (Å²) in [5, 5.41) is 19.2. The second kappa shape index (κ2) is 9.42. The molecule has 0 radical (unpaired) electrons. The molecule has 2 fully saturated rings. The van der Waals surface area contributed by atoms with Gasteiger partial charge >= 0.3 is 6.18 Å². The largest absolute Gasteiger partial charge is 0.496 e. The molecule has 6 nitrogen and oxygen atoms in total. The number of carbonyl (C=O) groups excluding carboxylic acids is 1. The van der Waals surface area contributed by atoms with E-state index < -0.39 is 17.3 Å². The lowest BCUT2D eigenvalue weighted by Gasteiger charge is -2.43. The SMILES string of the molecule is COc1cccc(C(=O)N2CC(CO)C3(CCN(c4ccc(C#N)c(C(F)(F)F)c4)CC3)C2)c1C. The van der Waals surface area contributed by atoms with Gasteiger partial charge in [0.05, 0.1) is 24.3 Å². The summed E-state index contributed by atoms with van der Waals surface area (Å²) in [6.07, 6.45) is -3.33. The molecule has 9 heteroatoms. The molecule has 1 N–H and O–H groups in total. The molecule has 2 saturated heterocycles. The molecule has 1 spiro atoms. The van der Waals surface area contributed by atoms with Crippen LogP contribution in [0.3, 0.4) is 0 Å². The van der Waals surface area contributed by atoms with Gasteiger partial charge in [0, 0.05) is 55.5 Å². The molecule has 0 saturated carbocycles. The van der Waals surface area contributed by atoms with Crippen molar-refractivity contribution in [3.63, 3.8) is 0 Å². The summed E-state index contributed by atoms with van der Waals surface area (Å²) in [5.74, 6) is 0.421. The molecule has 2 aliphatic heterocycles. The Bertz CT molecular complexity index is 1150. The molecule has 2 heterocycles. The number of nitriles is 1. The van der Waals surface area contributed by atoms with Gasteiger partial charge in [0.1, 0.15) is 5.75 Å². The van der Waals surface area contributed by atoms with Crippen LogP contribution in [0.1, 0.15) is 39.9 Å². The fraction of sp³-hybridized carbons (Fsp3) is 0.462. The molecule has 4 rings (SSSR count). The molecule has 0 aromatic heterocycles. The van der Waals surface area contributed by atoms with Gasteiger partial charge in [0.25, 0.3) is 5.91 Å². The molecule has 35 heavy (non-hydrogen) atoms. The zero-order valence-corrected chi connectivity index (χ0v) is 19.7. The lowest BCUT2D eigenvalue weighted by atomic mass is 9.71. The van der Waals surface area contributed by atoms with Crippen LogP contribution in [0, 0.1) is 29.6 Å². The van der Waals surface area contributed by atoms with Crippen molar-refractivity contribution in [2.24, 2.45) is 11.3 Å². The number of methoxy groups -OCH3 is 1. The van der Waals surface area contributed by atoms with E-state index >= 15 is 0 Å². The van der Waals surface area contributed by atoms with Crippen molar-refractivity contribution < 1.29 is 27.8 Å². The van der Waals surface area contributed by atoms with Gasteiger partial charge in [-0.1, -0.05) is 6.07 Å². The lowest BCUT2D eigenvalue weighted by molar-refractivity contribution is -0.137. The number of alkyl halides is 3. The summed E-state index contributed by atoms with van der Waals surface area (Å²) in [7, 11) is 1.56. The number of hydrogen-bond donors (Lipinski definition) is 1. The first-order valence-corrected chi connectivity index (χ1v) is 11.5. The third-order valence-corrected chi connectivity index (χ3v) is 7.61. The normalized spacial score (nSPS) is 19.6. The Morgan fingerprint density at radius 3 is 2.57 bits per heavy atom. The van der Waals surface area contributed by atoms with E-state index in [-0.39, 0.29) is 23.8 Å². The van der Waals surface area contributed by atoms with Gasteiger partial charge < -0.3 is 19.6 Å². The highest BCUT2D eigenvalue weighted by Gasteiger charge is 2.49. The number of likely N-dealkylation sites (tertiary alicyclic amines) is 1. The summed E-state index contributed by atoms with van der Waals surface area (Å²) in [5.41, 5.74) is 0.118.